The summed E-state index contributed by atoms with van der Waals surface area (Å²) in [5, 5.41) is 3.40. The van der Waals surface area contributed by atoms with Gasteiger partial charge in [-0.1, -0.05) is 38.7 Å². The molecule has 0 unspecified atom stereocenters. The van der Waals surface area contributed by atoms with Crippen LogP contribution in [-0.2, 0) is 0 Å². The third-order valence-electron chi connectivity index (χ3n) is 2.75. The number of hydrogen-bond acceptors (Lipinski definition) is 1. The lowest BCUT2D eigenvalue weighted by Crippen LogP contribution is -2.23. The van der Waals surface area contributed by atoms with E-state index in [0.717, 1.165) is 5.92 Å². The van der Waals surface area contributed by atoms with E-state index in [9.17, 15) is 0 Å². The van der Waals surface area contributed by atoms with E-state index in [-0.39, 0.29) is 0 Å². The van der Waals surface area contributed by atoms with Crippen LogP contribution in [0.2, 0.25) is 0 Å². The van der Waals surface area contributed by atoms with Gasteiger partial charge in [-0.3, -0.25) is 0 Å². The molecule has 76 valence electrons. The van der Waals surface area contributed by atoms with Crippen molar-refractivity contribution in [1.82, 2.24) is 5.32 Å². The first-order chi connectivity index (χ1) is 6.18. The van der Waals surface area contributed by atoms with Crippen molar-refractivity contribution in [3.8, 4) is 0 Å². The van der Waals surface area contributed by atoms with E-state index in [0.29, 0.717) is 6.04 Å². The van der Waals surface area contributed by atoms with E-state index in [2.05, 4.69) is 25.7 Å². The highest BCUT2D eigenvalue weighted by Crippen LogP contribution is 2.27. The molecule has 0 amide bonds. The van der Waals surface area contributed by atoms with Crippen molar-refractivity contribution in [2.45, 2.75) is 58.4 Å². The van der Waals surface area contributed by atoms with Crippen molar-refractivity contribution in [3.05, 3.63) is 12.3 Å². The number of rotatable bonds is 4. The summed E-state index contributed by atoms with van der Waals surface area (Å²) in [7, 11) is 0. The summed E-state index contributed by atoms with van der Waals surface area (Å²) in [6, 6.07) is 0.538. The number of allylic oxidation sites excluding steroid dienone is 1. The average Bonchev–Trinajstić information content (AvgIpc) is 2.04. The standard InChI is InChI=1S/C12H23N/c1-10(2)13-11(3)9-12-7-5-4-6-8-12/h10,12-13H,3-9H2,1-2H3. The van der Waals surface area contributed by atoms with Gasteiger partial charge in [0.15, 0.2) is 0 Å². The Morgan fingerprint density at radius 1 is 1.31 bits per heavy atom. The van der Waals surface area contributed by atoms with Gasteiger partial charge >= 0.3 is 0 Å². The SMILES string of the molecule is C=C(CC1CCCCC1)NC(C)C. The zero-order chi connectivity index (χ0) is 9.68. The van der Waals surface area contributed by atoms with Gasteiger partial charge in [-0.2, -0.15) is 0 Å². The highest BCUT2D eigenvalue weighted by atomic mass is 14.9. The minimum absolute atomic E-state index is 0.538. The third-order valence-corrected chi connectivity index (χ3v) is 2.75. The molecule has 0 atom stereocenters. The molecule has 1 aliphatic carbocycles. The zero-order valence-corrected chi connectivity index (χ0v) is 9.10. The van der Waals surface area contributed by atoms with Crippen LogP contribution < -0.4 is 5.32 Å². The molecule has 0 aliphatic heterocycles. The third kappa shape index (κ3) is 4.35. The van der Waals surface area contributed by atoms with Gasteiger partial charge in [0.1, 0.15) is 0 Å². The summed E-state index contributed by atoms with van der Waals surface area (Å²) in [6.45, 7) is 8.42. The lowest BCUT2D eigenvalue weighted by Gasteiger charge is -2.23. The summed E-state index contributed by atoms with van der Waals surface area (Å²) in [5.74, 6) is 0.910. The van der Waals surface area contributed by atoms with Gasteiger partial charge in [-0.15, -0.1) is 0 Å². The molecule has 1 rings (SSSR count). The zero-order valence-electron chi connectivity index (χ0n) is 9.10. The van der Waals surface area contributed by atoms with E-state index in [1.165, 1.54) is 44.2 Å². The lowest BCUT2D eigenvalue weighted by atomic mass is 9.86. The van der Waals surface area contributed by atoms with E-state index in [4.69, 9.17) is 0 Å². The maximum Gasteiger partial charge on any atom is 0.0201 e. The molecule has 0 aromatic heterocycles. The largest absolute Gasteiger partial charge is 0.387 e. The smallest absolute Gasteiger partial charge is 0.0201 e. The molecule has 0 aromatic carbocycles. The Bertz CT molecular complexity index is 155. The van der Waals surface area contributed by atoms with E-state index < -0.39 is 0 Å². The second-order valence-corrected chi connectivity index (χ2v) is 4.61. The summed E-state index contributed by atoms with van der Waals surface area (Å²) >= 11 is 0. The first-order valence-electron chi connectivity index (χ1n) is 5.63. The molecule has 1 fully saturated rings. The van der Waals surface area contributed by atoms with Crippen molar-refractivity contribution in [2.24, 2.45) is 5.92 Å². The number of hydrogen-bond donors (Lipinski definition) is 1. The quantitative estimate of drug-likeness (QED) is 0.700. The lowest BCUT2D eigenvalue weighted by molar-refractivity contribution is 0.349. The normalized spacial score (nSPS) is 19.0. The van der Waals surface area contributed by atoms with Crippen molar-refractivity contribution in [2.75, 3.05) is 0 Å². The fraction of sp³-hybridized carbons (Fsp3) is 0.833. The fourth-order valence-corrected chi connectivity index (χ4v) is 2.21. The molecule has 1 saturated carbocycles. The molecule has 0 radical (unpaired) electrons. The van der Waals surface area contributed by atoms with Crippen molar-refractivity contribution in [1.29, 1.82) is 0 Å². The molecule has 13 heavy (non-hydrogen) atoms. The Labute approximate surface area is 82.6 Å². The molecule has 0 heterocycles. The van der Waals surface area contributed by atoms with Crippen LogP contribution in [0.4, 0.5) is 0 Å². The topological polar surface area (TPSA) is 12.0 Å². The van der Waals surface area contributed by atoms with Crippen LogP contribution in [0.15, 0.2) is 12.3 Å². The molecule has 0 aromatic rings. The minimum Gasteiger partial charge on any atom is -0.387 e. The second kappa shape index (κ2) is 5.31. The first-order valence-corrected chi connectivity index (χ1v) is 5.63. The molecular weight excluding hydrogens is 158 g/mol. The maximum atomic E-state index is 4.08. The van der Waals surface area contributed by atoms with Crippen LogP contribution in [0.25, 0.3) is 0 Å². The van der Waals surface area contributed by atoms with Crippen molar-refractivity contribution in [3.63, 3.8) is 0 Å². The van der Waals surface area contributed by atoms with Crippen LogP contribution in [0.1, 0.15) is 52.4 Å². The van der Waals surface area contributed by atoms with Crippen LogP contribution >= 0.6 is 0 Å². The second-order valence-electron chi connectivity index (χ2n) is 4.61. The Morgan fingerprint density at radius 3 is 2.46 bits per heavy atom. The molecule has 1 N–H and O–H groups in total. The van der Waals surface area contributed by atoms with Crippen molar-refractivity contribution < 1.29 is 0 Å². The fourth-order valence-electron chi connectivity index (χ4n) is 2.21. The highest BCUT2D eigenvalue weighted by Gasteiger charge is 2.14. The van der Waals surface area contributed by atoms with E-state index in [1.54, 1.807) is 0 Å². The average molecular weight is 181 g/mol. The molecule has 0 bridgehead atoms. The van der Waals surface area contributed by atoms with Gasteiger partial charge in [0.05, 0.1) is 0 Å². The predicted molar refractivity (Wildman–Crippen MR) is 58.6 cm³/mol. The van der Waals surface area contributed by atoms with Crippen molar-refractivity contribution >= 4 is 0 Å². The predicted octanol–water partition coefficient (Wildman–Crippen LogP) is 3.47. The summed E-state index contributed by atoms with van der Waals surface area (Å²) in [5.41, 5.74) is 1.24. The summed E-state index contributed by atoms with van der Waals surface area (Å²) in [4.78, 5) is 0. The van der Waals surface area contributed by atoms with E-state index in [1.807, 2.05) is 0 Å². The molecule has 1 nitrogen and oxygen atoms in total. The monoisotopic (exact) mass is 181 g/mol. The van der Waals surface area contributed by atoms with Gasteiger partial charge in [-0.05, 0) is 26.2 Å². The van der Waals surface area contributed by atoms with Crippen LogP contribution in [0.3, 0.4) is 0 Å². The van der Waals surface area contributed by atoms with Crippen LogP contribution in [0.5, 0.6) is 0 Å². The Morgan fingerprint density at radius 2 is 1.92 bits per heavy atom. The number of nitrogens with one attached hydrogen (secondary N) is 1. The summed E-state index contributed by atoms with van der Waals surface area (Å²) < 4.78 is 0. The Balaban J connectivity index is 2.18. The molecule has 1 heteroatoms. The molecule has 0 saturated heterocycles. The highest BCUT2D eigenvalue weighted by molar-refractivity contribution is 4.94. The van der Waals surface area contributed by atoms with Gasteiger partial charge in [-0.25, -0.2) is 0 Å². The van der Waals surface area contributed by atoms with E-state index >= 15 is 0 Å². The van der Waals surface area contributed by atoms with Gasteiger partial charge < -0.3 is 5.32 Å². The molecule has 0 spiro atoms. The van der Waals surface area contributed by atoms with Crippen LogP contribution in [0, 0.1) is 5.92 Å². The minimum atomic E-state index is 0.538. The maximum absolute atomic E-state index is 4.08. The van der Waals surface area contributed by atoms with Gasteiger partial charge in [0, 0.05) is 11.7 Å². The van der Waals surface area contributed by atoms with Gasteiger partial charge in [0.2, 0.25) is 0 Å². The van der Waals surface area contributed by atoms with Gasteiger partial charge in [0.25, 0.3) is 0 Å². The Hall–Kier alpha value is -0.460. The first kappa shape index (κ1) is 10.6. The van der Waals surface area contributed by atoms with Crippen LogP contribution in [-0.4, -0.2) is 6.04 Å². The molecular formula is C12H23N. The molecule has 1 aliphatic rings. The summed E-state index contributed by atoms with van der Waals surface area (Å²) in [6.07, 6.45) is 8.33. The Kier molecular flexibility index (Phi) is 4.34.